The van der Waals surface area contributed by atoms with Gasteiger partial charge >= 0.3 is 0 Å². The quantitative estimate of drug-likeness (QED) is 0.728. The van der Waals surface area contributed by atoms with Crippen LogP contribution in [0.5, 0.6) is 0 Å². The number of aliphatic imine (C=N–C) groups is 1. The van der Waals surface area contributed by atoms with E-state index in [2.05, 4.69) is 9.89 Å². The Labute approximate surface area is 166 Å². The number of ether oxygens (including phenoxy) is 1. The van der Waals surface area contributed by atoms with Crippen molar-refractivity contribution in [1.82, 2.24) is 4.90 Å². The van der Waals surface area contributed by atoms with Gasteiger partial charge in [0, 0.05) is 31.8 Å². The van der Waals surface area contributed by atoms with Crippen LogP contribution in [-0.4, -0.2) is 48.8 Å². The van der Waals surface area contributed by atoms with Gasteiger partial charge in [0.2, 0.25) is 0 Å². The van der Waals surface area contributed by atoms with Gasteiger partial charge < -0.3 is 14.1 Å². The van der Waals surface area contributed by atoms with Crippen LogP contribution < -0.4 is 4.90 Å². The molecule has 0 N–H and O–H groups in total. The number of rotatable bonds is 4. The molecule has 1 amide bonds. The van der Waals surface area contributed by atoms with Gasteiger partial charge in [-0.15, -0.1) is 0 Å². The Kier molecular flexibility index (Phi) is 5.50. The van der Waals surface area contributed by atoms with Crippen LogP contribution >= 0.6 is 11.8 Å². The number of nitrogens with zero attached hydrogens (tertiary/aromatic N) is 3. The number of halogens is 1. The molecule has 2 aliphatic heterocycles. The molecule has 2 aliphatic rings. The van der Waals surface area contributed by atoms with E-state index in [0.717, 1.165) is 19.0 Å². The predicted molar refractivity (Wildman–Crippen MR) is 108 cm³/mol. The number of benzene rings is 1. The van der Waals surface area contributed by atoms with Gasteiger partial charge in [-0.05, 0) is 49.0 Å². The standard InChI is InChI=1S/C20H20FN3O3S/c1-2-24-19(25)17(28-20(24)22-15-5-3-14(21)4-6-15)13-16-7-8-18(27-16)23-9-11-26-12-10-23/h3-8,13H,2,9-12H2,1H3/b17-13+,22-20?. The second-order valence-corrected chi connectivity index (χ2v) is 7.32. The molecule has 0 saturated carbocycles. The molecule has 8 heteroatoms. The molecular formula is C20H20FN3O3S. The van der Waals surface area contributed by atoms with Crippen LogP contribution in [0.1, 0.15) is 12.7 Å². The molecule has 2 saturated heterocycles. The lowest BCUT2D eigenvalue weighted by Crippen LogP contribution is -2.35. The van der Waals surface area contributed by atoms with Crippen LogP contribution in [0.3, 0.4) is 0 Å². The topological polar surface area (TPSA) is 58.3 Å². The zero-order valence-corrected chi connectivity index (χ0v) is 16.2. The van der Waals surface area contributed by atoms with Crippen molar-refractivity contribution in [2.45, 2.75) is 6.92 Å². The summed E-state index contributed by atoms with van der Waals surface area (Å²) < 4.78 is 24.4. The van der Waals surface area contributed by atoms with Crippen LogP contribution in [0, 0.1) is 5.82 Å². The van der Waals surface area contributed by atoms with E-state index in [1.807, 2.05) is 19.1 Å². The molecule has 0 bridgehead atoms. The maximum absolute atomic E-state index is 13.1. The fraction of sp³-hybridized carbons (Fsp3) is 0.300. The molecule has 1 aromatic heterocycles. The summed E-state index contributed by atoms with van der Waals surface area (Å²) in [6.45, 7) is 5.33. The van der Waals surface area contributed by atoms with E-state index >= 15 is 0 Å². The van der Waals surface area contributed by atoms with Crippen LogP contribution in [0.25, 0.3) is 6.08 Å². The number of furan rings is 1. The van der Waals surface area contributed by atoms with E-state index in [1.165, 1.54) is 23.9 Å². The van der Waals surface area contributed by atoms with Crippen molar-refractivity contribution >= 4 is 40.5 Å². The van der Waals surface area contributed by atoms with E-state index in [1.54, 1.807) is 23.1 Å². The number of likely N-dealkylation sites (N-methyl/N-ethyl adjacent to an activating group) is 1. The first-order chi connectivity index (χ1) is 13.6. The first-order valence-corrected chi connectivity index (χ1v) is 9.94. The summed E-state index contributed by atoms with van der Waals surface area (Å²) in [5, 5.41) is 0.574. The Morgan fingerprint density at radius 2 is 1.93 bits per heavy atom. The Balaban J connectivity index is 1.55. The van der Waals surface area contributed by atoms with Gasteiger partial charge in [0.25, 0.3) is 5.91 Å². The molecule has 2 fully saturated rings. The molecule has 1 aromatic carbocycles. The Bertz CT molecular complexity index is 917. The zero-order valence-electron chi connectivity index (χ0n) is 15.4. The number of hydrogen-bond acceptors (Lipinski definition) is 6. The SMILES string of the molecule is CCN1C(=O)/C(=C\c2ccc(N3CCOCC3)o2)SC1=Nc1ccc(F)cc1. The lowest BCUT2D eigenvalue weighted by Gasteiger charge is -2.26. The summed E-state index contributed by atoms with van der Waals surface area (Å²) in [5.74, 6) is 0.966. The molecule has 2 aromatic rings. The van der Waals surface area contributed by atoms with Crippen LogP contribution in [-0.2, 0) is 9.53 Å². The molecule has 4 rings (SSSR count). The number of morpholine rings is 1. The number of hydrogen-bond donors (Lipinski definition) is 0. The molecule has 0 unspecified atom stereocenters. The van der Waals surface area contributed by atoms with Gasteiger partial charge in [0.05, 0.1) is 23.8 Å². The molecule has 6 nitrogen and oxygen atoms in total. The highest BCUT2D eigenvalue weighted by Crippen LogP contribution is 2.34. The Morgan fingerprint density at radius 1 is 1.18 bits per heavy atom. The van der Waals surface area contributed by atoms with E-state index in [9.17, 15) is 9.18 Å². The highest BCUT2D eigenvalue weighted by molar-refractivity contribution is 8.18. The summed E-state index contributed by atoms with van der Waals surface area (Å²) in [6, 6.07) is 9.64. The summed E-state index contributed by atoms with van der Waals surface area (Å²) in [4.78, 5) is 21.5. The number of carbonyl (C=O) groups is 1. The lowest BCUT2D eigenvalue weighted by atomic mass is 10.3. The van der Waals surface area contributed by atoms with Gasteiger partial charge in [-0.1, -0.05) is 0 Å². The van der Waals surface area contributed by atoms with E-state index in [4.69, 9.17) is 9.15 Å². The van der Waals surface area contributed by atoms with Crippen molar-refractivity contribution in [3.8, 4) is 0 Å². The summed E-state index contributed by atoms with van der Waals surface area (Å²) >= 11 is 1.29. The monoisotopic (exact) mass is 401 g/mol. The minimum absolute atomic E-state index is 0.113. The van der Waals surface area contributed by atoms with Crippen molar-refractivity contribution in [3.63, 3.8) is 0 Å². The third-order valence-corrected chi connectivity index (χ3v) is 5.47. The van der Waals surface area contributed by atoms with E-state index in [0.29, 0.717) is 41.3 Å². The van der Waals surface area contributed by atoms with Crippen molar-refractivity contribution < 1.29 is 18.3 Å². The summed E-state index contributed by atoms with van der Waals surface area (Å²) in [5.41, 5.74) is 0.601. The third-order valence-electron chi connectivity index (χ3n) is 4.46. The van der Waals surface area contributed by atoms with Gasteiger partial charge in [-0.3, -0.25) is 9.69 Å². The molecular weight excluding hydrogens is 381 g/mol. The second kappa shape index (κ2) is 8.20. The largest absolute Gasteiger partial charge is 0.441 e. The fourth-order valence-corrected chi connectivity index (χ4v) is 4.04. The number of anilines is 1. The average Bonchev–Trinajstić information content (AvgIpc) is 3.29. The molecule has 0 aliphatic carbocycles. The minimum Gasteiger partial charge on any atom is -0.441 e. The van der Waals surface area contributed by atoms with Crippen molar-refractivity contribution in [2.75, 3.05) is 37.7 Å². The molecule has 0 radical (unpaired) electrons. The van der Waals surface area contributed by atoms with Crippen molar-refractivity contribution in [3.05, 3.63) is 52.9 Å². The number of thioether (sulfide) groups is 1. The maximum Gasteiger partial charge on any atom is 0.266 e. The molecule has 0 atom stereocenters. The Morgan fingerprint density at radius 3 is 2.64 bits per heavy atom. The lowest BCUT2D eigenvalue weighted by molar-refractivity contribution is -0.122. The van der Waals surface area contributed by atoms with Crippen LogP contribution in [0.2, 0.25) is 0 Å². The summed E-state index contributed by atoms with van der Waals surface area (Å²) in [6.07, 6.45) is 1.74. The minimum atomic E-state index is -0.319. The Hall–Kier alpha value is -2.58. The van der Waals surface area contributed by atoms with Crippen molar-refractivity contribution in [1.29, 1.82) is 0 Å². The molecule has 146 valence electrons. The van der Waals surface area contributed by atoms with Gasteiger partial charge in [-0.25, -0.2) is 9.38 Å². The number of amides is 1. The smallest absolute Gasteiger partial charge is 0.266 e. The van der Waals surface area contributed by atoms with Gasteiger partial charge in [0.1, 0.15) is 11.6 Å². The van der Waals surface area contributed by atoms with Gasteiger partial charge in [0.15, 0.2) is 11.1 Å². The number of amidine groups is 1. The maximum atomic E-state index is 13.1. The highest BCUT2D eigenvalue weighted by atomic mass is 32.2. The third kappa shape index (κ3) is 3.98. The fourth-order valence-electron chi connectivity index (χ4n) is 3.00. The molecule has 0 spiro atoms. The zero-order chi connectivity index (χ0) is 19.5. The van der Waals surface area contributed by atoms with Gasteiger partial charge in [-0.2, -0.15) is 0 Å². The first-order valence-electron chi connectivity index (χ1n) is 9.12. The molecule has 28 heavy (non-hydrogen) atoms. The number of carbonyl (C=O) groups excluding carboxylic acids is 1. The summed E-state index contributed by atoms with van der Waals surface area (Å²) in [7, 11) is 0. The average molecular weight is 401 g/mol. The predicted octanol–water partition coefficient (Wildman–Crippen LogP) is 3.88. The van der Waals surface area contributed by atoms with Crippen LogP contribution in [0.15, 0.2) is 50.7 Å². The highest BCUT2D eigenvalue weighted by Gasteiger charge is 2.32. The molecule has 3 heterocycles. The van der Waals surface area contributed by atoms with E-state index in [-0.39, 0.29) is 11.7 Å². The normalized spacial score (nSPS) is 20.6. The second-order valence-electron chi connectivity index (χ2n) is 6.31. The van der Waals surface area contributed by atoms with E-state index < -0.39 is 0 Å². The van der Waals surface area contributed by atoms with Crippen molar-refractivity contribution in [2.24, 2.45) is 4.99 Å². The van der Waals surface area contributed by atoms with Crippen LogP contribution in [0.4, 0.5) is 16.0 Å². The first kappa shape index (κ1) is 18.8.